The average molecular weight is 306 g/mol. The van der Waals surface area contributed by atoms with Crippen LogP contribution in [0.5, 0.6) is 0 Å². The van der Waals surface area contributed by atoms with Gasteiger partial charge in [-0.3, -0.25) is 0 Å². The van der Waals surface area contributed by atoms with Crippen LogP contribution in [0, 0.1) is 6.92 Å². The van der Waals surface area contributed by atoms with Gasteiger partial charge >= 0.3 is 6.03 Å². The number of carbonyl (C=O) groups excluding carboxylic acids is 1. The molecule has 2 rings (SSSR count). The highest BCUT2D eigenvalue weighted by Crippen LogP contribution is 2.13. The maximum atomic E-state index is 11.8. The maximum Gasteiger partial charge on any atom is 0.317 e. The van der Waals surface area contributed by atoms with Gasteiger partial charge in [0, 0.05) is 20.0 Å². The molecular formula is C15H22N4O3. The van der Waals surface area contributed by atoms with Crippen LogP contribution in [-0.4, -0.2) is 64.0 Å². The van der Waals surface area contributed by atoms with E-state index >= 15 is 0 Å². The Bertz CT molecular complexity index is 641. The van der Waals surface area contributed by atoms with Gasteiger partial charge in [0.05, 0.1) is 30.3 Å². The molecule has 7 heteroatoms. The minimum absolute atomic E-state index is 0.0895. The summed E-state index contributed by atoms with van der Waals surface area (Å²) in [5.74, 6) is 0.818. The van der Waals surface area contributed by atoms with Gasteiger partial charge < -0.3 is 25.4 Å². The highest BCUT2D eigenvalue weighted by molar-refractivity contribution is 5.76. The zero-order valence-corrected chi connectivity index (χ0v) is 12.8. The normalized spacial score (nSPS) is 12.4. The van der Waals surface area contributed by atoms with Crippen LogP contribution >= 0.6 is 0 Å². The second kappa shape index (κ2) is 7.24. The Labute approximate surface area is 129 Å². The number of imidazole rings is 1. The van der Waals surface area contributed by atoms with E-state index in [1.807, 2.05) is 25.1 Å². The summed E-state index contributed by atoms with van der Waals surface area (Å²) in [6, 6.07) is 5.72. The van der Waals surface area contributed by atoms with Crippen molar-refractivity contribution in [3.8, 4) is 0 Å². The number of H-pyrrole nitrogens is 1. The molecule has 1 aromatic carbocycles. The zero-order valence-electron chi connectivity index (χ0n) is 12.8. The van der Waals surface area contributed by atoms with Gasteiger partial charge in [-0.15, -0.1) is 0 Å². The van der Waals surface area contributed by atoms with Gasteiger partial charge in [-0.05, 0) is 24.6 Å². The molecule has 0 aliphatic carbocycles. The van der Waals surface area contributed by atoms with E-state index in [0.717, 1.165) is 16.9 Å². The van der Waals surface area contributed by atoms with Gasteiger partial charge in [0.15, 0.2) is 0 Å². The van der Waals surface area contributed by atoms with Crippen molar-refractivity contribution >= 4 is 17.1 Å². The first-order chi connectivity index (χ1) is 10.5. The Morgan fingerprint density at radius 1 is 1.50 bits per heavy atom. The molecule has 7 nitrogen and oxygen atoms in total. The number of benzene rings is 1. The molecule has 0 aliphatic rings. The molecule has 0 spiro atoms. The van der Waals surface area contributed by atoms with Crippen LogP contribution in [0.4, 0.5) is 4.79 Å². The van der Waals surface area contributed by atoms with Gasteiger partial charge in [-0.25, -0.2) is 9.78 Å². The molecular weight excluding hydrogens is 284 g/mol. The third-order valence-electron chi connectivity index (χ3n) is 3.37. The van der Waals surface area contributed by atoms with Crippen molar-refractivity contribution in [1.29, 1.82) is 0 Å². The average Bonchev–Trinajstić information content (AvgIpc) is 2.88. The fraction of sp³-hybridized carbons (Fsp3) is 0.467. The molecule has 0 fully saturated rings. The molecule has 120 valence electrons. The molecule has 1 aromatic heterocycles. The number of nitrogens with one attached hydrogen (secondary N) is 2. The van der Waals surface area contributed by atoms with Gasteiger partial charge in [0.1, 0.15) is 5.82 Å². The van der Waals surface area contributed by atoms with Crippen LogP contribution in [0.3, 0.4) is 0 Å². The number of aryl methyl sites for hydroxylation is 1. The minimum atomic E-state index is -0.922. The van der Waals surface area contributed by atoms with Crippen molar-refractivity contribution in [2.45, 2.75) is 19.4 Å². The molecule has 0 saturated heterocycles. The molecule has 0 radical (unpaired) electrons. The third-order valence-corrected chi connectivity index (χ3v) is 3.37. The van der Waals surface area contributed by atoms with Crippen molar-refractivity contribution in [1.82, 2.24) is 20.2 Å². The van der Waals surface area contributed by atoms with Crippen LogP contribution in [-0.2, 0) is 6.42 Å². The van der Waals surface area contributed by atoms with Crippen LogP contribution in [0.25, 0.3) is 11.0 Å². The van der Waals surface area contributed by atoms with E-state index in [4.69, 9.17) is 5.11 Å². The highest BCUT2D eigenvalue weighted by Gasteiger charge is 2.12. The molecule has 2 aromatic rings. The molecule has 1 atom stereocenters. The Morgan fingerprint density at radius 2 is 2.27 bits per heavy atom. The standard InChI is InChI=1S/C15H22N4O3/c1-10-3-4-12-13(7-10)18-14(17-12)5-6-16-15(22)19(2)8-11(21)9-20/h3-4,7,11,20-21H,5-6,8-9H2,1-2H3,(H,16,22)(H,17,18)/t11-/m1/s1. The van der Waals surface area contributed by atoms with Crippen LogP contribution < -0.4 is 5.32 Å². The first-order valence-corrected chi connectivity index (χ1v) is 7.22. The smallest absolute Gasteiger partial charge is 0.317 e. The highest BCUT2D eigenvalue weighted by atomic mass is 16.3. The molecule has 2 amide bonds. The number of carbonyl (C=O) groups is 1. The van der Waals surface area contributed by atoms with Gasteiger partial charge in [-0.2, -0.15) is 0 Å². The van der Waals surface area contributed by atoms with E-state index in [0.29, 0.717) is 13.0 Å². The molecule has 4 N–H and O–H groups in total. The van der Waals surface area contributed by atoms with Crippen molar-refractivity contribution in [3.63, 3.8) is 0 Å². The zero-order chi connectivity index (χ0) is 16.1. The first kappa shape index (κ1) is 16.3. The van der Waals surface area contributed by atoms with E-state index in [1.165, 1.54) is 10.5 Å². The number of aromatic nitrogens is 2. The number of aliphatic hydroxyl groups excluding tert-OH is 2. The van der Waals surface area contributed by atoms with E-state index in [9.17, 15) is 9.90 Å². The number of urea groups is 1. The molecule has 22 heavy (non-hydrogen) atoms. The molecule has 0 saturated carbocycles. The van der Waals surface area contributed by atoms with Crippen molar-refractivity contribution in [2.75, 3.05) is 26.7 Å². The number of hydrogen-bond acceptors (Lipinski definition) is 4. The van der Waals surface area contributed by atoms with Crippen LogP contribution in [0.2, 0.25) is 0 Å². The van der Waals surface area contributed by atoms with Crippen LogP contribution in [0.15, 0.2) is 18.2 Å². The van der Waals surface area contributed by atoms with E-state index in [-0.39, 0.29) is 19.2 Å². The SMILES string of the molecule is Cc1ccc2nc(CCNC(=O)N(C)C[C@@H](O)CO)[nH]c2c1. The lowest BCUT2D eigenvalue weighted by atomic mass is 10.2. The number of aromatic amines is 1. The first-order valence-electron chi connectivity index (χ1n) is 7.22. The summed E-state index contributed by atoms with van der Waals surface area (Å²) in [5, 5.41) is 20.8. The summed E-state index contributed by atoms with van der Waals surface area (Å²) in [7, 11) is 1.57. The quantitative estimate of drug-likeness (QED) is 0.621. The Hall–Kier alpha value is -2.12. The molecule has 0 unspecified atom stereocenters. The number of aliphatic hydroxyl groups is 2. The van der Waals surface area contributed by atoms with Gasteiger partial charge in [0.25, 0.3) is 0 Å². The number of rotatable bonds is 6. The second-order valence-electron chi connectivity index (χ2n) is 5.40. The minimum Gasteiger partial charge on any atom is -0.394 e. The van der Waals surface area contributed by atoms with Crippen molar-refractivity contribution in [2.24, 2.45) is 0 Å². The largest absolute Gasteiger partial charge is 0.394 e. The predicted molar refractivity (Wildman–Crippen MR) is 83.7 cm³/mol. The van der Waals surface area contributed by atoms with Gasteiger partial charge in [-0.1, -0.05) is 6.07 Å². The fourth-order valence-corrected chi connectivity index (χ4v) is 2.17. The summed E-state index contributed by atoms with van der Waals surface area (Å²) in [4.78, 5) is 20.8. The number of amides is 2. The summed E-state index contributed by atoms with van der Waals surface area (Å²) >= 11 is 0. The Balaban J connectivity index is 1.83. The summed E-state index contributed by atoms with van der Waals surface area (Å²) in [6.45, 7) is 2.19. The number of fused-ring (bicyclic) bond motifs is 1. The maximum absolute atomic E-state index is 11.8. The van der Waals surface area contributed by atoms with Gasteiger partial charge in [0.2, 0.25) is 0 Å². The molecule has 0 aliphatic heterocycles. The van der Waals surface area contributed by atoms with Crippen molar-refractivity contribution < 1.29 is 15.0 Å². The summed E-state index contributed by atoms with van der Waals surface area (Å²) in [6.07, 6.45) is -0.329. The number of hydrogen-bond donors (Lipinski definition) is 4. The second-order valence-corrected chi connectivity index (χ2v) is 5.40. The predicted octanol–water partition coefficient (Wildman–Crippen LogP) is 0.408. The fourth-order valence-electron chi connectivity index (χ4n) is 2.17. The summed E-state index contributed by atoms with van der Waals surface area (Å²) < 4.78 is 0. The third kappa shape index (κ3) is 4.19. The molecule has 0 bridgehead atoms. The van der Waals surface area contributed by atoms with Crippen LogP contribution in [0.1, 0.15) is 11.4 Å². The lowest BCUT2D eigenvalue weighted by molar-refractivity contribution is 0.0733. The lowest BCUT2D eigenvalue weighted by Crippen LogP contribution is -2.42. The Kier molecular flexibility index (Phi) is 5.35. The molecule has 1 heterocycles. The topological polar surface area (TPSA) is 101 Å². The lowest BCUT2D eigenvalue weighted by Gasteiger charge is -2.20. The number of nitrogens with zero attached hydrogens (tertiary/aromatic N) is 2. The van der Waals surface area contributed by atoms with Crippen molar-refractivity contribution in [3.05, 3.63) is 29.6 Å². The number of likely N-dealkylation sites (N-methyl/N-ethyl adjacent to an activating group) is 1. The monoisotopic (exact) mass is 306 g/mol. The summed E-state index contributed by atoms with van der Waals surface area (Å²) in [5.41, 5.74) is 3.07. The van der Waals surface area contributed by atoms with E-state index in [2.05, 4.69) is 15.3 Å². The Morgan fingerprint density at radius 3 is 3.00 bits per heavy atom. The van der Waals surface area contributed by atoms with E-state index in [1.54, 1.807) is 7.05 Å². The van der Waals surface area contributed by atoms with E-state index < -0.39 is 6.10 Å².